The van der Waals surface area contributed by atoms with Crippen LogP contribution in [0, 0.1) is 0 Å². The highest BCUT2D eigenvalue weighted by molar-refractivity contribution is 5.46. The molecule has 2 aromatic carbocycles. The highest BCUT2D eigenvalue weighted by atomic mass is 16.5. The molecule has 2 aromatic rings. The molecule has 0 aliphatic rings. The second-order valence-corrected chi connectivity index (χ2v) is 5.28. The molecular weight excluding hydrogens is 308 g/mol. The van der Waals surface area contributed by atoms with Gasteiger partial charge in [0, 0.05) is 12.1 Å². The van der Waals surface area contributed by atoms with Gasteiger partial charge in [0.25, 0.3) is 0 Å². The first-order valence-corrected chi connectivity index (χ1v) is 7.50. The fraction of sp³-hybridized carbons (Fsp3) is 0.333. The molecule has 0 aliphatic carbocycles. The number of rotatable bonds is 7. The number of methoxy groups -OCH3 is 4. The molecule has 0 saturated carbocycles. The minimum Gasteiger partial charge on any atom is -0.493 e. The van der Waals surface area contributed by atoms with Crippen LogP contribution in [-0.2, 0) is 0 Å². The van der Waals surface area contributed by atoms with Crippen molar-refractivity contribution in [1.82, 2.24) is 0 Å². The van der Waals surface area contributed by atoms with Crippen molar-refractivity contribution in [2.24, 2.45) is 11.5 Å². The first kappa shape index (κ1) is 17.9. The third-order valence-electron chi connectivity index (χ3n) is 3.97. The Labute approximate surface area is 142 Å². The Morgan fingerprint density at radius 1 is 0.583 bits per heavy atom. The smallest absolute Gasteiger partial charge is 0.161 e. The maximum absolute atomic E-state index is 6.35. The lowest BCUT2D eigenvalue weighted by molar-refractivity contribution is 0.353. The summed E-state index contributed by atoms with van der Waals surface area (Å²) in [6, 6.07) is 10.2. The number of benzene rings is 2. The molecular formula is C18H24N2O4. The van der Waals surface area contributed by atoms with Crippen LogP contribution >= 0.6 is 0 Å². The summed E-state index contributed by atoms with van der Waals surface area (Å²) in [6.07, 6.45) is 0. The highest BCUT2D eigenvalue weighted by Crippen LogP contribution is 2.35. The SMILES string of the molecule is COc1ccc([C@@H](N)[C@@H](N)c2ccc(OC)c(OC)c2)cc1OC. The van der Waals surface area contributed by atoms with E-state index in [2.05, 4.69) is 0 Å². The summed E-state index contributed by atoms with van der Waals surface area (Å²) >= 11 is 0. The van der Waals surface area contributed by atoms with Crippen molar-refractivity contribution in [3.05, 3.63) is 47.5 Å². The lowest BCUT2D eigenvalue weighted by Gasteiger charge is -2.22. The molecule has 2 rings (SSSR count). The first-order valence-electron chi connectivity index (χ1n) is 7.50. The topological polar surface area (TPSA) is 89.0 Å². The van der Waals surface area contributed by atoms with Gasteiger partial charge in [-0.3, -0.25) is 0 Å². The van der Waals surface area contributed by atoms with E-state index in [-0.39, 0.29) is 0 Å². The Balaban J connectivity index is 2.30. The zero-order chi connectivity index (χ0) is 17.7. The van der Waals surface area contributed by atoms with Crippen LogP contribution in [-0.4, -0.2) is 28.4 Å². The molecule has 0 bridgehead atoms. The van der Waals surface area contributed by atoms with Gasteiger partial charge in [0.15, 0.2) is 23.0 Å². The fourth-order valence-corrected chi connectivity index (χ4v) is 2.53. The van der Waals surface area contributed by atoms with Crippen molar-refractivity contribution in [2.75, 3.05) is 28.4 Å². The Kier molecular flexibility index (Phi) is 5.89. The Morgan fingerprint density at radius 2 is 0.917 bits per heavy atom. The van der Waals surface area contributed by atoms with Crippen LogP contribution < -0.4 is 30.4 Å². The van der Waals surface area contributed by atoms with E-state index in [0.717, 1.165) is 11.1 Å². The van der Waals surface area contributed by atoms with Crippen LogP contribution in [0.25, 0.3) is 0 Å². The standard InChI is InChI=1S/C18H24N2O4/c1-21-13-7-5-11(9-15(13)23-3)17(19)18(20)12-6-8-14(22-2)16(10-12)24-4/h5-10,17-18H,19-20H2,1-4H3/t17-,18+. The molecule has 6 heteroatoms. The number of hydrogen-bond acceptors (Lipinski definition) is 6. The van der Waals surface area contributed by atoms with E-state index in [9.17, 15) is 0 Å². The second-order valence-electron chi connectivity index (χ2n) is 5.28. The average molecular weight is 332 g/mol. The molecule has 0 unspecified atom stereocenters. The van der Waals surface area contributed by atoms with Crippen molar-refractivity contribution in [3.63, 3.8) is 0 Å². The van der Waals surface area contributed by atoms with Crippen molar-refractivity contribution in [1.29, 1.82) is 0 Å². The van der Waals surface area contributed by atoms with Gasteiger partial charge in [-0.25, -0.2) is 0 Å². The summed E-state index contributed by atoms with van der Waals surface area (Å²) in [5, 5.41) is 0. The zero-order valence-electron chi connectivity index (χ0n) is 14.4. The van der Waals surface area contributed by atoms with Gasteiger partial charge in [-0.1, -0.05) is 12.1 Å². The van der Waals surface area contributed by atoms with E-state index in [1.54, 1.807) is 28.4 Å². The number of nitrogens with two attached hydrogens (primary N) is 2. The molecule has 0 spiro atoms. The number of ether oxygens (including phenoxy) is 4. The van der Waals surface area contributed by atoms with Crippen molar-refractivity contribution < 1.29 is 18.9 Å². The van der Waals surface area contributed by atoms with Crippen molar-refractivity contribution in [2.45, 2.75) is 12.1 Å². The summed E-state index contributed by atoms with van der Waals surface area (Å²) < 4.78 is 21.1. The van der Waals surface area contributed by atoms with E-state index in [1.165, 1.54) is 0 Å². The number of hydrogen-bond donors (Lipinski definition) is 2. The molecule has 0 aromatic heterocycles. The quantitative estimate of drug-likeness (QED) is 0.809. The van der Waals surface area contributed by atoms with E-state index in [0.29, 0.717) is 23.0 Å². The van der Waals surface area contributed by atoms with Crippen LogP contribution in [0.2, 0.25) is 0 Å². The minimum atomic E-state index is -0.414. The predicted molar refractivity (Wildman–Crippen MR) is 92.9 cm³/mol. The lowest BCUT2D eigenvalue weighted by Crippen LogP contribution is -2.26. The second kappa shape index (κ2) is 7.90. The Hall–Kier alpha value is -2.44. The van der Waals surface area contributed by atoms with Crippen molar-refractivity contribution >= 4 is 0 Å². The van der Waals surface area contributed by atoms with E-state index < -0.39 is 12.1 Å². The van der Waals surface area contributed by atoms with E-state index >= 15 is 0 Å². The molecule has 24 heavy (non-hydrogen) atoms. The highest BCUT2D eigenvalue weighted by Gasteiger charge is 2.20. The zero-order valence-corrected chi connectivity index (χ0v) is 14.4. The monoisotopic (exact) mass is 332 g/mol. The molecule has 0 radical (unpaired) electrons. The van der Waals surface area contributed by atoms with Gasteiger partial charge in [0.05, 0.1) is 28.4 Å². The van der Waals surface area contributed by atoms with Gasteiger partial charge >= 0.3 is 0 Å². The van der Waals surface area contributed by atoms with Gasteiger partial charge in [-0.2, -0.15) is 0 Å². The Morgan fingerprint density at radius 3 is 1.21 bits per heavy atom. The molecule has 0 aliphatic heterocycles. The molecule has 130 valence electrons. The van der Waals surface area contributed by atoms with Crippen LogP contribution in [0.15, 0.2) is 36.4 Å². The summed E-state index contributed by atoms with van der Waals surface area (Å²) in [4.78, 5) is 0. The van der Waals surface area contributed by atoms with E-state index in [4.69, 9.17) is 30.4 Å². The largest absolute Gasteiger partial charge is 0.493 e. The molecule has 4 N–H and O–H groups in total. The van der Waals surface area contributed by atoms with E-state index in [1.807, 2.05) is 36.4 Å². The van der Waals surface area contributed by atoms with Gasteiger partial charge < -0.3 is 30.4 Å². The van der Waals surface area contributed by atoms with Crippen LogP contribution in [0.5, 0.6) is 23.0 Å². The maximum atomic E-state index is 6.35. The maximum Gasteiger partial charge on any atom is 0.161 e. The minimum absolute atomic E-state index is 0.414. The lowest BCUT2D eigenvalue weighted by atomic mass is 9.94. The fourth-order valence-electron chi connectivity index (χ4n) is 2.53. The molecule has 2 atom stereocenters. The summed E-state index contributed by atoms with van der Waals surface area (Å²) in [6.45, 7) is 0. The average Bonchev–Trinajstić information content (AvgIpc) is 2.65. The molecule has 0 amide bonds. The Bertz CT molecular complexity index is 631. The molecule has 6 nitrogen and oxygen atoms in total. The van der Waals surface area contributed by atoms with Gasteiger partial charge in [-0.05, 0) is 35.4 Å². The van der Waals surface area contributed by atoms with Gasteiger partial charge in [-0.15, -0.1) is 0 Å². The van der Waals surface area contributed by atoms with Crippen LogP contribution in [0.4, 0.5) is 0 Å². The third kappa shape index (κ3) is 3.55. The first-order chi connectivity index (χ1) is 11.5. The van der Waals surface area contributed by atoms with Gasteiger partial charge in [0.1, 0.15) is 0 Å². The summed E-state index contributed by atoms with van der Waals surface area (Å²) in [5.74, 6) is 2.52. The van der Waals surface area contributed by atoms with Gasteiger partial charge in [0.2, 0.25) is 0 Å². The molecule has 0 heterocycles. The third-order valence-corrected chi connectivity index (χ3v) is 3.97. The normalized spacial score (nSPS) is 13.1. The summed E-state index contributed by atoms with van der Waals surface area (Å²) in [7, 11) is 6.35. The molecule has 0 saturated heterocycles. The van der Waals surface area contributed by atoms with Crippen molar-refractivity contribution in [3.8, 4) is 23.0 Å². The predicted octanol–water partition coefficient (Wildman–Crippen LogP) is 2.42. The summed E-state index contributed by atoms with van der Waals surface area (Å²) in [5.41, 5.74) is 14.4. The van der Waals surface area contributed by atoms with Crippen LogP contribution in [0.3, 0.4) is 0 Å². The molecule has 0 fully saturated rings. The van der Waals surface area contributed by atoms with Crippen LogP contribution in [0.1, 0.15) is 23.2 Å².